The van der Waals surface area contributed by atoms with Gasteiger partial charge >= 0.3 is 0 Å². The normalized spacial score (nSPS) is 12.0. The second-order valence-electron chi connectivity index (χ2n) is 7.08. The Morgan fingerprint density at radius 3 is 2.71 bits per heavy atom. The predicted octanol–water partition coefficient (Wildman–Crippen LogP) is 4.55. The summed E-state index contributed by atoms with van der Waals surface area (Å²) >= 11 is 0. The minimum atomic E-state index is -1.11. The Morgan fingerprint density at radius 1 is 1.17 bits per heavy atom. The summed E-state index contributed by atoms with van der Waals surface area (Å²) < 4.78 is 21.1. The molecule has 3 rings (SSSR count). The maximum atomic E-state index is 13.5. The fourth-order valence-corrected chi connectivity index (χ4v) is 3.27. The van der Waals surface area contributed by atoms with Crippen molar-refractivity contribution in [1.29, 1.82) is 0 Å². The van der Waals surface area contributed by atoms with E-state index in [1.165, 1.54) is 12.3 Å². The van der Waals surface area contributed by atoms with Crippen LogP contribution in [0.25, 0.3) is 22.2 Å². The molecule has 126 valence electrons. The average Bonchev–Trinajstić information content (AvgIpc) is 2.90. The molecule has 2 heterocycles. The molecular formula is C18H22FN3OSi. The lowest BCUT2D eigenvalue weighted by Crippen LogP contribution is -2.22. The van der Waals surface area contributed by atoms with E-state index in [4.69, 9.17) is 4.74 Å². The Balaban J connectivity index is 1.87. The van der Waals surface area contributed by atoms with Crippen molar-refractivity contribution < 1.29 is 9.13 Å². The molecule has 0 unspecified atom stereocenters. The number of para-hydroxylation sites is 1. The Morgan fingerprint density at radius 2 is 1.96 bits per heavy atom. The highest BCUT2D eigenvalue weighted by Crippen LogP contribution is 2.27. The van der Waals surface area contributed by atoms with Gasteiger partial charge in [-0.25, -0.2) is 9.67 Å². The van der Waals surface area contributed by atoms with Gasteiger partial charge in [0.25, 0.3) is 0 Å². The van der Waals surface area contributed by atoms with E-state index < -0.39 is 14.0 Å². The van der Waals surface area contributed by atoms with Gasteiger partial charge in [0.05, 0.1) is 5.52 Å². The van der Waals surface area contributed by atoms with Crippen LogP contribution in [-0.4, -0.2) is 29.4 Å². The molecule has 0 aliphatic rings. The van der Waals surface area contributed by atoms with E-state index in [-0.39, 0.29) is 0 Å². The highest BCUT2D eigenvalue weighted by molar-refractivity contribution is 6.76. The van der Waals surface area contributed by atoms with Crippen LogP contribution in [0.3, 0.4) is 0 Å². The summed E-state index contributed by atoms with van der Waals surface area (Å²) in [5, 5.41) is 5.63. The van der Waals surface area contributed by atoms with E-state index in [2.05, 4.69) is 29.7 Å². The predicted molar refractivity (Wildman–Crippen MR) is 97.0 cm³/mol. The van der Waals surface area contributed by atoms with Gasteiger partial charge in [-0.2, -0.15) is 9.49 Å². The molecule has 24 heavy (non-hydrogen) atoms. The van der Waals surface area contributed by atoms with E-state index in [1.807, 2.05) is 28.9 Å². The first-order chi connectivity index (χ1) is 11.4. The van der Waals surface area contributed by atoms with Crippen molar-refractivity contribution in [3.63, 3.8) is 0 Å². The standard InChI is InChI=1S/C18H22FN3OSi/c1-24(2,3)11-10-23-13-22-16-7-5-4-6-15(16)18(21-22)14-8-9-20-17(19)12-14/h4-9,12H,10-11,13H2,1-3H3. The summed E-state index contributed by atoms with van der Waals surface area (Å²) in [6, 6.07) is 12.2. The molecule has 0 spiro atoms. The molecule has 0 saturated carbocycles. The highest BCUT2D eigenvalue weighted by atomic mass is 28.3. The van der Waals surface area contributed by atoms with Gasteiger partial charge in [0, 0.05) is 37.9 Å². The van der Waals surface area contributed by atoms with Crippen LogP contribution in [0.4, 0.5) is 4.39 Å². The maximum absolute atomic E-state index is 13.5. The Labute approximate surface area is 142 Å². The quantitative estimate of drug-likeness (QED) is 0.374. The second kappa shape index (κ2) is 6.82. The third-order valence-electron chi connectivity index (χ3n) is 3.87. The number of ether oxygens (including phenoxy) is 1. The zero-order valence-corrected chi connectivity index (χ0v) is 15.3. The van der Waals surface area contributed by atoms with E-state index in [0.717, 1.165) is 34.8 Å². The van der Waals surface area contributed by atoms with Crippen molar-refractivity contribution in [2.45, 2.75) is 32.4 Å². The molecule has 3 aromatic rings. The van der Waals surface area contributed by atoms with Gasteiger partial charge in [-0.05, 0) is 18.2 Å². The number of aromatic nitrogens is 3. The van der Waals surface area contributed by atoms with Crippen LogP contribution in [0.1, 0.15) is 0 Å². The Bertz CT molecular complexity index is 842. The van der Waals surface area contributed by atoms with E-state index >= 15 is 0 Å². The van der Waals surface area contributed by atoms with Gasteiger partial charge in [-0.15, -0.1) is 0 Å². The molecule has 0 bridgehead atoms. The number of rotatable bonds is 6. The third kappa shape index (κ3) is 3.88. The molecule has 1 aromatic carbocycles. The summed E-state index contributed by atoms with van der Waals surface area (Å²) in [7, 11) is -1.11. The number of hydrogen-bond acceptors (Lipinski definition) is 3. The highest BCUT2D eigenvalue weighted by Gasteiger charge is 2.14. The first-order valence-corrected chi connectivity index (χ1v) is 11.8. The lowest BCUT2D eigenvalue weighted by molar-refractivity contribution is 0.0818. The van der Waals surface area contributed by atoms with Gasteiger partial charge in [0.1, 0.15) is 12.4 Å². The zero-order valence-electron chi connectivity index (χ0n) is 14.3. The summed E-state index contributed by atoms with van der Waals surface area (Å²) in [5.41, 5.74) is 2.46. The van der Waals surface area contributed by atoms with Crippen LogP contribution in [0.5, 0.6) is 0 Å². The van der Waals surface area contributed by atoms with Gasteiger partial charge in [-0.1, -0.05) is 37.8 Å². The molecule has 0 aliphatic heterocycles. The molecule has 0 saturated heterocycles. The summed E-state index contributed by atoms with van der Waals surface area (Å²) in [4.78, 5) is 3.61. The molecule has 6 heteroatoms. The van der Waals surface area contributed by atoms with Crippen LogP contribution in [-0.2, 0) is 11.5 Å². The van der Waals surface area contributed by atoms with Crippen molar-refractivity contribution in [2.24, 2.45) is 0 Å². The third-order valence-corrected chi connectivity index (χ3v) is 5.57. The number of fused-ring (bicyclic) bond motifs is 1. The fraction of sp³-hybridized carbons (Fsp3) is 0.333. The molecule has 0 amide bonds. The van der Waals surface area contributed by atoms with E-state index in [9.17, 15) is 4.39 Å². The molecule has 4 nitrogen and oxygen atoms in total. The smallest absolute Gasteiger partial charge is 0.213 e. The molecule has 0 aliphatic carbocycles. The maximum Gasteiger partial charge on any atom is 0.213 e. The van der Waals surface area contributed by atoms with Crippen molar-refractivity contribution in [2.75, 3.05) is 6.61 Å². The van der Waals surface area contributed by atoms with Crippen LogP contribution in [0, 0.1) is 5.95 Å². The minimum Gasteiger partial charge on any atom is -0.360 e. The van der Waals surface area contributed by atoms with Gasteiger partial charge < -0.3 is 4.74 Å². The number of nitrogens with zero attached hydrogens (tertiary/aromatic N) is 3. The topological polar surface area (TPSA) is 39.9 Å². The monoisotopic (exact) mass is 343 g/mol. The Hall–Kier alpha value is -2.05. The van der Waals surface area contributed by atoms with Gasteiger partial charge in [-0.3, -0.25) is 0 Å². The summed E-state index contributed by atoms with van der Waals surface area (Å²) in [6.45, 7) is 8.13. The molecule has 0 radical (unpaired) electrons. The van der Waals surface area contributed by atoms with Crippen molar-refractivity contribution >= 4 is 19.0 Å². The number of benzene rings is 1. The molecule has 0 atom stereocenters. The molecule has 0 fully saturated rings. The van der Waals surface area contributed by atoms with Crippen molar-refractivity contribution in [3.8, 4) is 11.3 Å². The molecule has 2 aromatic heterocycles. The average molecular weight is 343 g/mol. The number of halogens is 1. The van der Waals surface area contributed by atoms with Crippen LogP contribution >= 0.6 is 0 Å². The van der Waals surface area contributed by atoms with Crippen LogP contribution in [0.15, 0.2) is 42.6 Å². The lowest BCUT2D eigenvalue weighted by Gasteiger charge is -2.15. The largest absolute Gasteiger partial charge is 0.360 e. The summed E-state index contributed by atoms with van der Waals surface area (Å²) in [6.07, 6.45) is 1.46. The Kier molecular flexibility index (Phi) is 4.77. The zero-order chi connectivity index (χ0) is 17.2. The fourth-order valence-electron chi connectivity index (χ4n) is 2.52. The van der Waals surface area contributed by atoms with Crippen LogP contribution < -0.4 is 0 Å². The second-order valence-corrected chi connectivity index (χ2v) is 12.7. The van der Waals surface area contributed by atoms with Crippen LogP contribution in [0.2, 0.25) is 25.7 Å². The number of pyridine rings is 1. The van der Waals surface area contributed by atoms with E-state index in [0.29, 0.717) is 6.73 Å². The van der Waals surface area contributed by atoms with Gasteiger partial charge in [0.15, 0.2) is 0 Å². The minimum absolute atomic E-state index is 0.401. The van der Waals surface area contributed by atoms with Crippen molar-refractivity contribution in [3.05, 3.63) is 48.5 Å². The number of hydrogen-bond donors (Lipinski definition) is 0. The molecule has 0 N–H and O–H groups in total. The first-order valence-electron chi connectivity index (χ1n) is 8.09. The summed E-state index contributed by atoms with van der Waals surface area (Å²) in [5.74, 6) is -0.502. The van der Waals surface area contributed by atoms with Crippen molar-refractivity contribution in [1.82, 2.24) is 14.8 Å². The first kappa shape index (κ1) is 16.8. The van der Waals surface area contributed by atoms with Gasteiger partial charge in [0.2, 0.25) is 5.95 Å². The SMILES string of the molecule is C[Si](C)(C)CCOCn1nc(-c2ccnc(F)c2)c2ccccc21. The van der Waals surface area contributed by atoms with E-state index in [1.54, 1.807) is 6.07 Å². The molecular weight excluding hydrogens is 321 g/mol. The lowest BCUT2D eigenvalue weighted by atomic mass is 10.1.